The highest BCUT2D eigenvalue weighted by Gasteiger charge is 2.27. The van der Waals surface area contributed by atoms with Gasteiger partial charge in [-0.25, -0.2) is 0 Å². The molecule has 13 heavy (non-hydrogen) atoms. The second-order valence-corrected chi connectivity index (χ2v) is 3.72. The lowest BCUT2D eigenvalue weighted by Crippen LogP contribution is -2.49. The molecule has 1 atom stereocenters. The van der Waals surface area contributed by atoms with Gasteiger partial charge in [0.25, 0.3) is 0 Å². The van der Waals surface area contributed by atoms with E-state index in [2.05, 4.69) is 26.1 Å². The molecule has 0 aromatic heterocycles. The van der Waals surface area contributed by atoms with Crippen LogP contribution in [0.4, 0.5) is 0 Å². The van der Waals surface area contributed by atoms with Gasteiger partial charge in [0, 0.05) is 13.7 Å². The summed E-state index contributed by atoms with van der Waals surface area (Å²) < 4.78 is 10.9. The average molecular weight is 189 g/mol. The van der Waals surface area contributed by atoms with Crippen molar-refractivity contribution in [3.8, 4) is 0 Å². The summed E-state index contributed by atoms with van der Waals surface area (Å²) in [5.74, 6) is 0. The zero-order valence-electron chi connectivity index (χ0n) is 9.52. The lowest BCUT2D eigenvalue weighted by molar-refractivity contribution is -0.0364. The molecule has 0 aromatic carbocycles. The Hall–Kier alpha value is -0.120. The molecule has 80 valence electrons. The van der Waals surface area contributed by atoms with E-state index in [1.165, 1.54) is 0 Å². The molecule has 1 unspecified atom stereocenters. The van der Waals surface area contributed by atoms with Gasteiger partial charge in [-0.15, -0.1) is 0 Å². The van der Waals surface area contributed by atoms with Gasteiger partial charge in [0.15, 0.2) is 0 Å². The second kappa shape index (κ2) is 6.35. The average Bonchev–Trinajstić information content (AvgIpc) is 2.12. The zero-order valence-corrected chi connectivity index (χ0v) is 9.52. The van der Waals surface area contributed by atoms with Crippen molar-refractivity contribution >= 4 is 0 Å². The number of rotatable bonds is 7. The van der Waals surface area contributed by atoms with Crippen LogP contribution >= 0.6 is 0 Å². The molecule has 0 bridgehead atoms. The quantitative estimate of drug-likeness (QED) is 0.614. The van der Waals surface area contributed by atoms with Gasteiger partial charge in [-0.1, -0.05) is 6.92 Å². The molecule has 3 nitrogen and oxygen atoms in total. The SMILES string of the molecule is CCCOCC(NC)C(C)(C)OC. The summed E-state index contributed by atoms with van der Waals surface area (Å²) in [4.78, 5) is 0. The summed E-state index contributed by atoms with van der Waals surface area (Å²) in [5.41, 5.74) is -0.178. The number of hydrogen-bond donors (Lipinski definition) is 1. The Balaban J connectivity index is 3.87. The van der Waals surface area contributed by atoms with Crippen LogP contribution in [0.5, 0.6) is 0 Å². The summed E-state index contributed by atoms with van der Waals surface area (Å²) in [6, 6.07) is 0.240. The molecule has 0 radical (unpaired) electrons. The zero-order chi connectivity index (χ0) is 10.3. The highest BCUT2D eigenvalue weighted by Crippen LogP contribution is 2.13. The van der Waals surface area contributed by atoms with Gasteiger partial charge in [0.1, 0.15) is 0 Å². The molecule has 0 aromatic rings. The minimum absolute atomic E-state index is 0.178. The lowest BCUT2D eigenvalue weighted by atomic mass is 10.00. The highest BCUT2D eigenvalue weighted by molar-refractivity contribution is 4.84. The van der Waals surface area contributed by atoms with Gasteiger partial charge in [-0.2, -0.15) is 0 Å². The molecule has 3 heteroatoms. The van der Waals surface area contributed by atoms with Crippen molar-refractivity contribution in [1.29, 1.82) is 0 Å². The predicted molar refractivity (Wildman–Crippen MR) is 55.0 cm³/mol. The Bertz CT molecular complexity index is 126. The van der Waals surface area contributed by atoms with E-state index < -0.39 is 0 Å². The van der Waals surface area contributed by atoms with Gasteiger partial charge < -0.3 is 14.8 Å². The molecule has 0 rings (SSSR count). The monoisotopic (exact) mass is 189 g/mol. The van der Waals surface area contributed by atoms with Crippen LogP contribution in [-0.4, -0.2) is 39.0 Å². The number of methoxy groups -OCH3 is 1. The van der Waals surface area contributed by atoms with Crippen LogP contribution in [-0.2, 0) is 9.47 Å². The first-order valence-electron chi connectivity index (χ1n) is 4.88. The van der Waals surface area contributed by atoms with Gasteiger partial charge in [-0.05, 0) is 27.3 Å². The minimum atomic E-state index is -0.178. The Kier molecular flexibility index (Phi) is 6.29. The first-order chi connectivity index (χ1) is 6.08. The van der Waals surface area contributed by atoms with Crippen molar-refractivity contribution in [2.75, 3.05) is 27.4 Å². The fourth-order valence-corrected chi connectivity index (χ4v) is 1.12. The molecule has 0 aliphatic carbocycles. The van der Waals surface area contributed by atoms with Crippen LogP contribution in [0.3, 0.4) is 0 Å². The van der Waals surface area contributed by atoms with E-state index in [4.69, 9.17) is 9.47 Å². The number of hydrogen-bond acceptors (Lipinski definition) is 3. The summed E-state index contributed by atoms with van der Waals surface area (Å²) in [6.07, 6.45) is 1.06. The van der Waals surface area contributed by atoms with Crippen LogP contribution in [0, 0.1) is 0 Å². The Labute approximate surface area is 81.8 Å². The molecule has 0 heterocycles. The Morgan fingerprint density at radius 1 is 1.38 bits per heavy atom. The van der Waals surface area contributed by atoms with Crippen LogP contribution in [0.1, 0.15) is 27.2 Å². The predicted octanol–water partition coefficient (Wildman–Crippen LogP) is 1.43. The number of likely N-dealkylation sites (N-methyl/N-ethyl adjacent to an activating group) is 1. The molecule has 0 fully saturated rings. The second-order valence-electron chi connectivity index (χ2n) is 3.72. The van der Waals surface area contributed by atoms with Crippen molar-refractivity contribution in [2.45, 2.75) is 38.8 Å². The maximum absolute atomic E-state index is 5.48. The van der Waals surface area contributed by atoms with E-state index in [0.29, 0.717) is 6.61 Å². The molecule has 0 amide bonds. The van der Waals surface area contributed by atoms with E-state index in [-0.39, 0.29) is 11.6 Å². The van der Waals surface area contributed by atoms with E-state index >= 15 is 0 Å². The van der Waals surface area contributed by atoms with Gasteiger partial charge in [0.05, 0.1) is 18.2 Å². The van der Waals surface area contributed by atoms with Crippen LogP contribution < -0.4 is 5.32 Å². The summed E-state index contributed by atoms with van der Waals surface area (Å²) in [5, 5.41) is 3.20. The summed E-state index contributed by atoms with van der Waals surface area (Å²) in [6.45, 7) is 7.74. The summed E-state index contributed by atoms with van der Waals surface area (Å²) in [7, 11) is 3.66. The van der Waals surface area contributed by atoms with Crippen LogP contribution in [0.25, 0.3) is 0 Å². The minimum Gasteiger partial charge on any atom is -0.380 e. The third-order valence-corrected chi connectivity index (χ3v) is 2.35. The van der Waals surface area contributed by atoms with Gasteiger partial charge >= 0.3 is 0 Å². The van der Waals surface area contributed by atoms with E-state index in [0.717, 1.165) is 13.0 Å². The first kappa shape index (κ1) is 12.9. The fourth-order valence-electron chi connectivity index (χ4n) is 1.12. The first-order valence-corrected chi connectivity index (χ1v) is 4.88. The van der Waals surface area contributed by atoms with E-state index in [1.54, 1.807) is 7.11 Å². The van der Waals surface area contributed by atoms with Crippen LogP contribution in [0.2, 0.25) is 0 Å². The summed E-state index contributed by atoms with van der Waals surface area (Å²) >= 11 is 0. The molecule has 0 aliphatic rings. The fraction of sp³-hybridized carbons (Fsp3) is 1.00. The molecule has 1 N–H and O–H groups in total. The third-order valence-electron chi connectivity index (χ3n) is 2.35. The molecule has 0 aliphatic heterocycles. The van der Waals surface area contributed by atoms with Gasteiger partial charge in [0.2, 0.25) is 0 Å². The lowest BCUT2D eigenvalue weighted by Gasteiger charge is -2.32. The smallest absolute Gasteiger partial charge is 0.0797 e. The number of ether oxygens (including phenoxy) is 2. The largest absolute Gasteiger partial charge is 0.380 e. The van der Waals surface area contributed by atoms with E-state index in [9.17, 15) is 0 Å². The van der Waals surface area contributed by atoms with Gasteiger partial charge in [-0.3, -0.25) is 0 Å². The van der Waals surface area contributed by atoms with Crippen molar-refractivity contribution < 1.29 is 9.47 Å². The van der Waals surface area contributed by atoms with Crippen molar-refractivity contribution in [3.05, 3.63) is 0 Å². The number of nitrogens with one attached hydrogen (secondary N) is 1. The molecule has 0 saturated carbocycles. The van der Waals surface area contributed by atoms with Crippen molar-refractivity contribution in [1.82, 2.24) is 5.32 Å². The molecule has 0 spiro atoms. The highest BCUT2D eigenvalue weighted by atomic mass is 16.5. The maximum atomic E-state index is 5.48. The third kappa shape index (κ3) is 4.60. The molecular weight excluding hydrogens is 166 g/mol. The normalized spacial score (nSPS) is 14.5. The standard InChI is InChI=1S/C10H23NO2/c1-6-7-13-8-9(11-4)10(2,3)12-5/h9,11H,6-8H2,1-5H3. The Morgan fingerprint density at radius 2 is 2.00 bits per heavy atom. The topological polar surface area (TPSA) is 30.5 Å². The van der Waals surface area contributed by atoms with Crippen molar-refractivity contribution in [2.24, 2.45) is 0 Å². The van der Waals surface area contributed by atoms with E-state index in [1.807, 2.05) is 7.05 Å². The Morgan fingerprint density at radius 3 is 2.38 bits per heavy atom. The molecule has 0 saturated heterocycles. The maximum Gasteiger partial charge on any atom is 0.0797 e. The van der Waals surface area contributed by atoms with Crippen molar-refractivity contribution in [3.63, 3.8) is 0 Å². The van der Waals surface area contributed by atoms with Crippen LogP contribution in [0.15, 0.2) is 0 Å². The molecular formula is C10H23NO2.